The lowest BCUT2D eigenvalue weighted by Gasteiger charge is -2.32. The molecule has 150 valence electrons. The second-order valence-electron chi connectivity index (χ2n) is 7.53. The second-order valence-corrected chi connectivity index (χ2v) is 8.52. The van der Waals surface area contributed by atoms with Gasteiger partial charge in [0.1, 0.15) is 5.01 Å². The average Bonchev–Trinajstić information content (AvgIpc) is 3.25. The number of nitrogens with zero attached hydrogens (tertiary/aromatic N) is 2. The molecule has 5 heteroatoms. The molecule has 30 heavy (non-hydrogen) atoms. The lowest BCUT2D eigenvalue weighted by molar-refractivity contribution is 0.0661. The zero-order valence-corrected chi connectivity index (χ0v) is 17.5. The minimum atomic E-state index is -0.204. The summed E-state index contributed by atoms with van der Waals surface area (Å²) in [6.45, 7) is 0. The second kappa shape index (κ2) is 8.01. The van der Waals surface area contributed by atoms with Gasteiger partial charge in [-0.1, -0.05) is 54.6 Å². The van der Waals surface area contributed by atoms with Gasteiger partial charge < -0.3 is 9.84 Å². The van der Waals surface area contributed by atoms with Gasteiger partial charge in [0.2, 0.25) is 5.88 Å². The Labute approximate surface area is 179 Å². The molecule has 0 bridgehead atoms. The SMILES string of the molecule is COc1ccc(-c2nc(-c3ccc([C@H]4CCC4O)cc3)c(-c3ccccc3)s2)cn1. The molecular weight excluding hydrogens is 392 g/mol. The fraction of sp³-hybridized carbons (Fsp3) is 0.200. The summed E-state index contributed by atoms with van der Waals surface area (Å²) in [6, 6.07) is 22.7. The van der Waals surface area contributed by atoms with Gasteiger partial charge in [-0.15, -0.1) is 11.3 Å². The first-order valence-electron chi connectivity index (χ1n) is 10.1. The van der Waals surface area contributed by atoms with Crippen LogP contribution in [0.3, 0.4) is 0 Å². The monoisotopic (exact) mass is 414 g/mol. The number of aromatic nitrogens is 2. The zero-order valence-electron chi connectivity index (χ0n) is 16.7. The summed E-state index contributed by atoms with van der Waals surface area (Å²) in [5.74, 6) is 0.858. The van der Waals surface area contributed by atoms with Crippen molar-refractivity contribution in [1.82, 2.24) is 9.97 Å². The van der Waals surface area contributed by atoms with Crippen molar-refractivity contribution in [3.63, 3.8) is 0 Å². The lowest BCUT2D eigenvalue weighted by Crippen LogP contribution is -2.28. The van der Waals surface area contributed by atoms with Gasteiger partial charge in [-0.3, -0.25) is 0 Å². The maximum absolute atomic E-state index is 9.98. The van der Waals surface area contributed by atoms with Gasteiger partial charge >= 0.3 is 0 Å². The molecule has 2 aromatic carbocycles. The van der Waals surface area contributed by atoms with Gasteiger partial charge in [0.05, 0.1) is 23.8 Å². The molecule has 0 spiro atoms. The third kappa shape index (κ3) is 3.51. The molecular formula is C25H22N2O2S. The molecule has 1 aliphatic carbocycles. The highest BCUT2D eigenvalue weighted by Gasteiger charge is 2.30. The summed E-state index contributed by atoms with van der Waals surface area (Å²) in [5, 5.41) is 10.9. The lowest BCUT2D eigenvalue weighted by atomic mass is 9.77. The number of ether oxygens (including phenoxy) is 1. The predicted octanol–water partition coefficient (Wildman–Crippen LogP) is 5.79. The Morgan fingerprint density at radius 1 is 0.900 bits per heavy atom. The summed E-state index contributed by atoms with van der Waals surface area (Å²) in [7, 11) is 1.61. The minimum absolute atomic E-state index is 0.204. The van der Waals surface area contributed by atoms with Crippen molar-refractivity contribution >= 4 is 11.3 Å². The number of aliphatic hydroxyl groups excluding tert-OH is 1. The number of rotatable bonds is 5. The Hall–Kier alpha value is -3.02. The van der Waals surface area contributed by atoms with Crippen molar-refractivity contribution < 1.29 is 9.84 Å². The molecule has 2 aromatic heterocycles. The molecule has 1 saturated carbocycles. The molecule has 4 aromatic rings. The highest BCUT2D eigenvalue weighted by atomic mass is 32.1. The molecule has 1 fully saturated rings. The Morgan fingerprint density at radius 3 is 2.27 bits per heavy atom. The van der Waals surface area contributed by atoms with Gasteiger partial charge in [0.15, 0.2) is 0 Å². The fourth-order valence-electron chi connectivity index (χ4n) is 3.81. The molecule has 0 radical (unpaired) electrons. The topological polar surface area (TPSA) is 55.2 Å². The van der Waals surface area contributed by atoms with E-state index in [0.717, 1.165) is 45.1 Å². The van der Waals surface area contributed by atoms with E-state index < -0.39 is 0 Å². The third-order valence-electron chi connectivity index (χ3n) is 5.71. The van der Waals surface area contributed by atoms with Gasteiger partial charge in [-0.05, 0) is 30.0 Å². The third-order valence-corrected chi connectivity index (χ3v) is 6.86. The molecule has 2 heterocycles. The van der Waals surface area contributed by atoms with Crippen LogP contribution in [0.4, 0.5) is 0 Å². The van der Waals surface area contributed by atoms with Crippen LogP contribution < -0.4 is 4.74 Å². The summed E-state index contributed by atoms with van der Waals surface area (Å²) >= 11 is 1.67. The van der Waals surface area contributed by atoms with E-state index in [1.54, 1.807) is 24.6 Å². The van der Waals surface area contributed by atoms with E-state index in [2.05, 4.69) is 53.5 Å². The van der Waals surface area contributed by atoms with Crippen LogP contribution in [0.2, 0.25) is 0 Å². The van der Waals surface area contributed by atoms with Crippen LogP contribution in [-0.2, 0) is 0 Å². The molecule has 1 unspecified atom stereocenters. The quantitative estimate of drug-likeness (QED) is 0.449. The van der Waals surface area contributed by atoms with Crippen molar-refractivity contribution in [1.29, 1.82) is 0 Å². The molecule has 2 atom stereocenters. The van der Waals surface area contributed by atoms with Gasteiger partial charge in [0.25, 0.3) is 0 Å². The van der Waals surface area contributed by atoms with Crippen LogP contribution in [0.5, 0.6) is 5.88 Å². The smallest absolute Gasteiger partial charge is 0.212 e. The van der Waals surface area contributed by atoms with Crippen LogP contribution in [0, 0.1) is 0 Å². The first-order valence-corrected chi connectivity index (χ1v) is 10.9. The Morgan fingerprint density at radius 2 is 1.67 bits per heavy atom. The van der Waals surface area contributed by atoms with E-state index >= 15 is 0 Å². The number of pyridine rings is 1. The minimum Gasteiger partial charge on any atom is -0.481 e. The van der Waals surface area contributed by atoms with Gasteiger partial charge in [-0.25, -0.2) is 9.97 Å². The summed E-state index contributed by atoms with van der Waals surface area (Å²) < 4.78 is 5.18. The van der Waals surface area contributed by atoms with Gasteiger partial charge in [-0.2, -0.15) is 0 Å². The number of benzene rings is 2. The standard InChI is InChI=1S/C25H22N2O2S/c1-29-22-14-11-19(15-26-22)25-27-23(24(30-25)18-5-3-2-4-6-18)17-9-7-16(8-10-17)20-12-13-21(20)28/h2-11,14-15,20-21,28H,12-13H2,1H3/t20-,21?/m1/s1. The van der Waals surface area contributed by atoms with Crippen molar-refractivity contribution in [2.75, 3.05) is 7.11 Å². The predicted molar refractivity (Wildman–Crippen MR) is 121 cm³/mol. The van der Waals surface area contributed by atoms with Crippen LogP contribution in [0.1, 0.15) is 24.3 Å². The van der Waals surface area contributed by atoms with Crippen LogP contribution >= 0.6 is 11.3 Å². The number of methoxy groups -OCH3 is 1. The molecule has 1 aliphatic rings. The summed E-state index contributed by atoms with van der Waals surface area (Å²) in [6.07, 6.45) is 3.55. The molecule has 1 N–H and O–H groups in total. The highest BCUT2D eigenvalue weighted by Crippen LogP contribution is 2.42. The number of aliphatic hydroxyl groups is 1. The van der Waals surface area contributed by atoms with Crippen LogP contribution in [0.15, 0.2) is 72.9 Å². The van der Waals surface area contributed by atoms with E-state index in [9.17, 15) is 5.11 Å². The van der Waals surface area contributed by atoms with E-state index in [-0.39, 0.29) is 12.0 Å². The molecule has 4 nitrogen and oxygen atoms in total. The van der Waals surface area contributed by atoms with Gasteiger partial charge in [0, 0.05) is 29.3 Å². The Balaban J connectivity index is 1.56. The summed E-state index contributed by atoms with van der Waals surface area (Å²) in [4.78, 5) is 10.5. The number of thiazole rings is 1. The highest BCUT2D eigenvalue weighted by molar-refractivity contribution is 7.19. The maximum Gasteiger partial charge on any atom is 0.212 e. The number of hydrogen-bond donors (Lipinski definition) is 1. The van der Waals surface area contributed by atoms with E-state index in [4.69, 9.17) is 9.72 Å². The van der Waals surface area contributed by atoms with Crippen LogP contribution in [0.25, 0.3) is 32.3 Å². The molecule has 0 amide bonds. The van der Waals surface area contributed by atoms with Crippen LogP contribution in [-0.4, -0.2) is 28.3 Å². The van der Waals surface area contributed by atoms with E-state index in [0.29, 0.717) is 5.88 Å². The zero-order chi connectivity index (χ0) is 20.5. The first-order chi connectivity index (χ1) is 14.7. The average molecular weight is 415 g/mol. The first kappa shape index (κ1) is 19.0. The normalized spacial score (nSPS) is 18.1. The molecule has 0 saturated heterocycles. The van der Waals surface area contributed by atoms with E-state index in [1.807, 2.05) is 18.2 Å². The maximum atomic E-state index is 9.98. The molecule has 5 rings (SSSR count). The van der Waals surface area contributed by atoms with Crippen molar-refractivity contribution in [2.45, 2.75) is 24.9 Å². The van der Waals surface area contributed by atoms with Crippen molar-refractivity contribution in [2.24, 2.45) is 0 Å². The van der Waals surface area contributed by atoms with Crippen molar-refractivity contribution in [3.05, 3.63) is 78.5 Å². The summed E-state index contributed by atoms with van der Waals surface area (Å²) in [5.41, 5.74) is 5.37. The number of hydrogen-bond acceptors (Lipinski definition) is 5. The van der Waals surface area contributed by atoms with Crippen molar-refractivity contribution in [3.8, 4) is 38.1 Å². The fourth-order valence-corrected chi connectivity index (χ4v) is 4.89. The Kier molecular flexibility index (Phi) is 5.07. The Bertz CT molecular complexity index is 1140. The molecule has 0 aliphatic heterocycles. The van der Waals surface area contributed by atoms with E-state index in [1.165, 1.54) is 5.56 Å². The largest absolute Gasteiger partial charge is 0.481 e.